The molecule has 0 aromatic rings. The van der Waals surface area contributed by atoms with Crippen LogP contribution in [0.25, 0.3) is 0 Å². The van der Waals surface area contributed by atoms with Gasteiger partial charge in [-0.1, -0.05) is 72.7 Å². The highest BCUT2D eigenvalue weighted by molar-refractivity contribution is 6.37. The fraction of sp³-hybridized carbons (Fsp3) is 0.545. The Morgan fingerprint density at radius 1 is 1.40 bits per heavy atom. The van der Waals surface area contributed by atoms with Crippen molar-refractivity contribution >= 4 is 23.2 Å². The second-order valence-corrected chi connectivity index (χ2v) is 7.78. The van der Waals surface area contributed by atoms with Crippen LogP contribution >= 0.6 is 23.2 Å². The summed E-state index contributed by atoms with van der Waals surface area (Å²) in [5.41, 5.74) is 3.19. The van der Waals surface area contributed by atoms with E-state index >= 15 is 0 Å². The summed E-state index contributed by atoms with van der Waals surface area (Å²) in [4.78, 5) is 0. The molecule has 0 aromatic heterocycles. The van der Waals surface area contributed by atoms with E-state index in [0.29, 0.717) is 34.4 Å². The molecule has 138 valence electrons. The van der Waals surface area contributed by atoms with Crippen LogP contribution < -0.4 is 0 Å². The predicted octanol–water partition coefficient (Wildman–Crippen LogP) is 7.64. The van der Waals surface area contributed by atoms with Gasteiger partial charge in [0.1, 0.15) is 5.76 Å². The van der Waals surface area contributed by atoms with Crippen LogP contribution in [0.4, 0.5) is 0 Å². The molecule has 0 spiro atoms. The summed E-state index contributed by atoms with van der Waals surface area (Å²) in [5.74, 6) is 3.20. The SMILES string of the molecule is C#C/C(Cl)=C(CCCCC)\C(Cl)=C(\O)C[C@@H]1C=C(C)CC[C@H]1C(=C)C. The number of rotatable bonds is 8. The van der Waals surface area contributed by atoms with Gasteiger partial charge < -0.3 is 5.11 Å². The number of unbranched alkanes of at least 4 members (excludes halogenated alkanes) is 2. The number of terminal acetylenes is 1. The molecule has 1 nitrogen and oxygen atoms in total. The Labute approximate surface area is 163 Å². The number of aliphatic hydroxyl groups excluding tert-OH is 1. The topological polar surface area (TPSA) is 20.2 Å². The van der Waals surface area contributed by atoms with Crippen LogP contribution in [0.3, 0.4) is 0 Å². The second-order valence-electron chi connectivity index (χ2n) is 7.03. The molecule has 0 unspecified atom stereocenters. The fourth-order valence-corrected chi connectivity index (χ4v) is 3.92. The normalized spacial score (nSPS) is 22.5. The minimum Gasteiger partial charge on any atom is -0.511 e. The highest BCUT2D eigenvalue weighted by atomic mass is 35.5. The van der Waals surface area contributed by atoms with Gasteiger partial charge in [-0.3, -0.25) is 0 Å². The zero-order chi connectivity index (χ0) is 19.0. The van der Waals surface area contributed by atoms with E-state index < -0.39 is 0 Å². The van der Waals surface area contributed by atoms with E-state index in [9.17, 15) is 5.11 Å². The molecule has 1 rings (SSSR count). The van der Waals surface area contributed by atoms with E-state index in [1.54, 1.807) is 0 Å². The van der Waals surface area contributed by atoms with Crippen LogP contribution in [-0.2, 0) is 0 Å². The zero-order valence-electron chi connectivity index (χ0n) is 15.7. The zero-order valence-corrected chi connectivity index (χ0v) is 17.2. The summed E-state index contributed by atoms with van der Waals surface area (Å²) >= 11 is 12.7. The first kappa shape index (κ1) is 21.9. The van der Waals surface area contributed by atoms with Gasteiger partial charge in [0.15, 0.2) is 0 Å². The Hall–Kier alpha value is -1.10. The lowest BCUT2D eigenvalue weighted by Crippen LogP contribution is -2.19. The molecule has 0 saturated heterocycles. The molecule has 25 heavy (non-hydrogen) atoms. The quantitative estimate of drug-likeness (QED) is 0.151. The van der Waals surface area contributed by atoms with Crippen molar-refractivity contribution in [2.45, 2.75) is 65.7 Å². The number of hydrogen-bond acceptors (Lipinski definition) is 1. The first-order chi connectivity index (χ1) is 11.8. The van der Waals surface area contributed by atoms with E-state index in [0.717, 1.165) is 37.7 Å². The van der Waals surface area contributed by atoms with Crippen molar-refractivity contribution in [1.82, 2.24) is 0 Å². The predicted molar refractivity (Wildman–Crippen MR) is 111 cm³/mol. The summed E-state index contributed by atoms with van der Waals surface area (Å²) < 4.78 is 0. The molecule has 0 bridgehead atoms. The molecule has 1 aliphatic rings. The maximum atomic E-state index is 10.7. The molecule has 0 aliphatic heterocycles. The molecular weight excluding hydrogens is 351 g/mol. The van der Waals surface area contributed by atoms with Gasteiger partial charge in [-0.2, -0.15) is 0 Å². The number of aliphatic hydroxyl groups is 1. The van der Waals surface area contributed by atoms with Gasteiger partial charge in [-0.25, -0.2) is 0 Å². The third-order valence-corrected chi connectivity index (χ3v) is 5.65. The summed E-state index contributed by atoms with van der Waals surface area (Å²) in [6.45, 7) is 10.4. The van der Waals surface area contributed by atoms with Crippen molar-refractivity contribution in [3.8, 4) is 12.3 Å². The summed E-state index contributed by atoms with van der Waals surface area (Å²) in [5, 5.41) is 11.3. The van der Waals surface area contributed by atoms with E-state index in [2.05, 4.69) is 39.3 Å². The molecule has 3 heteroatoms. The standard InChI is InChI=1S/C22H30Cl2O/c1-6-8-9-10-19(20(23)7-2)22(24)21(25)14-17-13-16(5)11-12-18(17)15(3)4/h2,13,17-18,25H,3,6,8-12,14H2,1,4-5H3/b20-19+,22-21-/t17-,18-/m0/s1. The molecular formula is C22H30Cl2O. The average Bonchev–Trinajstić information content (AvgIpc) is 2.57. The van der Waals surface area contributed by atoms with Gasteiger partial charge >= 0.3 is 0 Å². The first-order valence-electron chi connectivity index (χ1n) is 9.07. The van der Waals surface area contributed by atoms with Gasteiger partial charge in [0.2, 0.25) is 0 Å². The van der Waals surface area contributed by atoms with E-state index in [1.165, 1.54) is 5.57 Å². The van der Waals surface area contributed by atoms with Gasteiger partial charge in [-0.15, -0.1) is 6.42 Å². The van der Waals surface area contributed by atoms with Gasteiger partial charge in [-0.05, 0) is 51.4 Å². The monoisotopic (exact) mass is 380 g/mol. The maximum Gasteiger partial charge on any atom is 0.112 e. The van der Waals surface area contributed by atoms with Crippen molar-refractivity contribution in [2.75, 3.05) is 0 Å². The molecule has 0 radical (unpaired) electrons. The van der Waals surface area contributed by atoms with Crippen LogP contribution in [0, 0.1) is 24.2 Å². The molecule has 0 fully saturated rings. The molecule has 0 aromatic carbocycles. The highest BCUT2D eigenvalue weighted by Gasteiger charge is 2.26. The lowest BCUT2D eigenvalue weighted by molar-refractivity contribution is 0.319. The van der Waals surface area contributed by atoms with Crippen LogP contribution in [0.5, 0.6) is 0 Å². The molecule has 0 heterocycles. The van der Waals surface area contributed by atoms with Gasteiger partial charge in [0.25, 0.3) is 0 Å². The van der Waals surface area contributed by atoms with Crippen LogP contribution in [0.15, 0.2) is 45.2 Å². The van der Waals surface area contributed by atoms with E-state index in [1.807, 2.05) is 0 Å². The summed E-state index contributed by atoms with van der Waals surface area (Å²) in [6, 6.07) is 0. The van der Waals surface area contributed by atoms with Crippen molar-refractivity contribution in [1.29, 1.82) is 0 Å². The minimum atomic E-state index is 0.170. The smallest absolute Gasteiger partial charge is 0.112 e. The van der Waals surface area contributed by atoms with Crippen molar-refractivity contribution in [3.05, 3.63) is 45.2 Å². The van der Waals surface area contributed by atoms with Crippen LogP contribution in [0.1, 0.15) is 65.7 Å². The number of hydrogen-bond donors (Lipinski definition) is 1. The molecule has 1 aliphatic carbocycles. The van der Waals surface area contributed by atoms with Crippen molar-refractivity contribution in [3.63, 3.8) is 0 Å². The molecule has 0 saturated carbocycles. The lowest BCUT2D eigenvalue weighted by atomic mass is 9.76. The molecule has 0 amide bonds. The van der Waals surface area contributed by atoms with Gasteiger partial charge in [0.05, 0.1) is 10.1 Å². The van der Waals surface area contributed by atoms with Crippen LogP contribution in [0.2, 0.25) is 0 Å². The van der Waals surface area contributed by atoms with Gasteiger partial charge in [0, 0.05) is 12.0 Å². The third kappa shape index (κ3) is 6.61. The Balaban J connectivity index is 3.06. The average molecular weight is 381 g/mol. The Morgan fingerprint density at radius 3 is 2.64 bits per heavy atom. The summed E-state index contributed by atoms with van der Waals surface area (Å²) in [7, 11) is 0. The number of halogens is 2. The first-order valence-corrected chi connectivity index (χ1v) is 9.83. The lowest BCUT2D eigenvalue weighted by Gasteiger charge is -2.30. The van der Waals surface area contributed by atoms with Crippen molar-refractivity contribution in [2.24, 2.45) is 11.8 Å². The fourth-order valence-electron chi connectivity index (χ4n) is 3.42. The summed E-state index contributed by atoms with van der Waals surface area (Å²) in [6.07, 6.45) is 14.1. The largest absolute Gasteiger partial charge is 0.511 e. The number of allylic oxidation sites excluding steroid dienone is 7. The molecule has 1 N–H and O–H groups in total. The van der Waals surface area contributed by atoms with E-state index in [-0.39, 0.29) is 11.7 Å². The van der Waals surface area contributed by atoms with Crippen LogP contribution in [-0.4, -0.2) is 5.11 Å². The van der Waals surface area contributed by atoms with E-state index in [4.69, 9.17) is 29.6 Å². The Bertz CT molecular complexity index is 616. The highest BCUT2D eigenvalue weighted by Crippen LogP contribution is 2.38. The van der Waals surface area contributed by atoms with Crippen molar-refractivity contribution < 1.29 is 5.11 Å². The minimum absolute atomic E-state index is 0.170. The Morgan fingerprint density at radius 2 is 2.08 bits per heavy atom. The second kappa shape index (κ2) is 10.8. The molecule has 2 atom stereocenters. The Kier molecular flexibility index (Phi) is 9.47. The third-order valence-electron chi connectivity index (χ3n) is 4.87. The maximum absolute atomic E-state index is 10.7.